The minimum Gasteiger partial charge on any atom is -0.421 e. The quantitative estimate of drug-likeness (QED) is 0.760. The number of carbonyl (C=O) groups is 1. The van der Waals surface area contributed by atoms with Gasteiger partial charge in [0.25, 0.3) is 0 Å². The molecule has 0 bridgehead atoms. The van der Waals surface area contributed by atoms with Crippen molar-refractivity contribution in [3.8, 4) is 11.5 Å². The smallest absolute Gasteiger partial charge is 0.319 e. The number of nitrogens with one attached hydrogen (secondary N) is 2. The maximum absolute atomic E-state index is 11.9. The number of rotatable bonds is 6. The van der Waals surface area contributed by atoms with Crippen LogP contribution in [0, 0.1) is 6.92 Å². The number of aromatic nitrogens is 2. The van der Waals surface area contributed by atoms with E-state index in [4.69, 9.17) is 9.52 Å². The predicted molar refractivity (Wildman–Crippen MR) is 82.4 cm³/mol. The van der Waals surface area contributed by atoms with Crippen LogP contribution in [0.25, 0.3) is 11.5 Å². The topological polar surface area (TPSA) is 100 Å². The summed E-state index contributed by atoms with van der Waals surface area (Å²) < 4.78 is 5.34. The largest absolute Gasteiger partial charge is 0.421 e. The number of aliphatic hydroxyl groups is 1. The molecule has 1 aromatic carbocycles. The van der Waals surface area contributed by atoms with Gasteiger partial charge in [-0.2, -0.15) is 0 Å². The minimum absolute atomic E-state index is 0.0364. The molecular formula is C15H20N4O3. The van der Waals surface area contributed by atoms with Gasteiger partial charge in [0.2, 0.25) is 11.8 Å². The van der Waals surface area contributed by atoms with Gasteiger partial charge in [0.05, 0.1) is 0 Å². The van der Waals surface area contributed by atoms with Crippen molar-refractivity contribution in [2.45, 2.75) is 32.7 Å². The second-order valence-corrected chi connectivity index (χ2v) is 4.92. The Morgan fingerprint density at radius 3 is 2.59 bits per heavy atom. The van der Waals surface area contributed by atoms with Crippen LogP contribution in [0.1, 0.15) is 25.7 Å². The van der Waals surface area contributed by atoms with Crippen LogP contribution in [-0.2, 0) is 0 Å². The van der Waals surface area contributed by atoms with Crippen LogP contribution in [0.15, 0.2) is 28.7 Å². The Kier molecular flexibility index (Phi) is 5.48. The highest BCUT2D eigenvalue weighted by atomic mass is 16.4. The zero-order valence-electron chi connectivity index (χ0n) is 12.7. The van der Waals surface area contributed by atoms with Crippen LogP contribution >= 0.6 is 0 Å². The van der Waals surface area contributed by atoms with Gasteiger partial charge in [-0.3, -0.25) is 0 Å². The number of hydrogen-bond acceptors (Lipinski definition) is 5. The first-order valence-corrected chi connectivity index (χ1v) is 7.21. The first-order valence-electron chi connectivity index (χ1n) is 7.21. The number of hydrogen-bond donors (Lipinski definition) is 3. The number of anilines is 1. The Labute approximate surface area is 128 Å². The standard InChI is InChI=1S/C15H20N4O3/c1-3-12(8-9-20)16-15(21)17-13-6-4-11(5-7-13)14-19-18-10(2)22-14/h4-7,12,20H,3,8-9H2,1-2H3,(H2,16,17,21). The zero-order chi connectivity index (χ0) is 15.9. The summed E-state index contributed by atoms with van der Waals surface area (Å²) in [5.74, 6) is 0.952. The van der Waals surface area contributed by atoms with E-state index < -0.39 is 0 Å². The van der Waals surface area contributed by atoms with E-state index in [0.29, 0.717) is 23.9 Å². The van der Waals surface area contributed by atoms with Crippen LogP contribution in [0.4, 0.5) is 10.5 Å². The molecule has 7 heteroatoms. The molecule has 1 atom stereocenters. The number of benzene rings is 1. The number of amides is 2. The number of carbonyl (C=O) groups excluding carboxylic acids is 1. The van der Waals surface area contributed by atoms with Crippen LogP contribution in [0.3, 0.4) is 0 Å². The second-order valence-electron chi connectivity index (χ2n) is 4.92. The molecule has 2 amide bonds. The van der Waals surface area contributed by atoms with Crippen molar-refractivity contribution >= 4 is 11.7 Å². The molecule has 0 aliphatic carbocycles. The van der Waals surface area contributed by atoms with E-state index in [1.807, 2.05) is 6.92 Å². The van der Waals surface area contributed by atoms with Crippen LogP contribution in [0.5, 0.6) is 0 Å². The summed E-state index contributed by atoms with van der Waals surface area (Å²) in [7, 11) is 0. The fourth-order valence-electron chi connectivity index (χ4n) is 2.00. The van der Waals surface area contributed by atoms with Crippen molar-refractivity contribution < 1.29 is 14.3 Å². The summed E-state index contributed by atoms with van der Waals surface area (Å²) in [6, 6.07) is 6.80. The fourth-order valence-corrected chi connectivity index (χ4v) is 2.00. The highest BCUT2D eigenvalue weighted by Crippen LogP contribution is 2.19. The fraction of sp³-hybridized carbons (Fsp3) is 0.400. The van der Waals surface area contributed by atoms with Gasteiger partial charge in [0, 0.05) is 30.8 Å². The van der Waals surface area contributed by atoms with Gasteiger partial charge in [-0.1, -0.05) is 6.92 Å². The lowest BCUT2D eigenvalue weighted by molar-refractivity contribution is 0.237. The summed E-state index contributed by atoms with van der Waals surface area (Å²) in [6.07, 6.45) is 1.31. The molecule has 22 heavy (non-hydrogen) atoms. The zero-order valence-corrected chi connectivity index (χ0v) is 12.7. The average Bonchev–Trinajstić information content (AvgIpc) is 2.94. The monoisotopic (exact) mass is 304 g/mol. The summed E-state index contributed by atoms with van der Waals surface area (Å²) in [5.41, 5.74) is 1.45. The molecule has 0 aliphatic heterocycles. The molecule has 0 aliphatic rings. The van der Waals surface area contributed by atoms with E-state index in [0.717, 1.165) is 12.0 Å². The van der Waals surface area contributed by atoms with Gasteiger partial charge in [-0.25, -0.2) is 4.79 Å². The summed E-state index contributed by atoms with van der Waals surface area (Å²) in [4.78, 5) is 11.9. The molecule has 7 nitrogen and oxygen atoms in total. The van der Waals surface area contributed by atoms with Crippen molar-refractivity contribution in [1.29, 1.82) is 0 Å². The molecular weight excluding hydrogens is 284 g/mol. The molecule has 1 heterocycles. The lowest BCUT2D eigenvalue weighted by atomic mass is 10.1. The molecule has 3 N–H and O–H groups in total. The molecule has 0 saturated heterocycles. The maximum Gasteiger partial charge on any atom is 0.319 e. The summed E-state index contributed by atoms with van der Waals surface area (Å²) in [6.45, 7) is 3.74. The SMILES string of the molecule is CCC(CCO)NC(=O)Nc1ccc(-c2nnc(C)o2)cc1. The number of aryl methyl sites for hydroxylation is 1. The highest BCUT2D eigenvalue weighted by Gasteiger charge is 2.10. The molecule has 1 aromatic heterocycles. The highest BCUT2D eigenvalue weighted by molar-refractivity contribution is 5.89. The Hall–Kier alpha value is -2.41. The van der Waals surface area contributed by atoms with Crippen molar-refractivity contribution in [2.24, 2.45) is 0 Å². The molecule has 0 saturated carbocycles. The van der Waals surface area contributed by atoms with Crippen molar-refractivity contribution in [2.75, 3.05) is 11.9 Å². The lowest BCUT2D eigenvalue weighted by Crippen LogP contribution is -2.38. The maximum atomic E-state index is 11.9. The second kappa shape index (κ2) is 7.56. The number of nitrogens with zero attached hydrogens (tertiary/aromatic N) is 2. The van der Waals surface area contributed by atoms with E-state index in [1.54, 1.807) is 31.2 Å². The van der Waals surface area contributed by atoms with Crippen LogP contribution in [-0.4, -0.2) is 34.0 Å². The Bertz CT molecular complexity index is 610. The van der Waals surface area contributed by atoms with Gasteiger partial charge in [0.1, 0.15) is 0 Å². The number of urea groups is 1. The summed E-state index contributed by atoms with van der Waals surface area (Å²) in [5, 5.41) is 22.2. The Balaban J connectivity index is 1.94. The van der Waals surface area contributed by atoms with E-state index in [-0.39, 0.29) is 18.7 Å². The van der Waals surface area contributed by atoms with E-state index in [2.05, 4.69) is 20.8 Å². The average molecular weight is 304 g/mol. The van der Waals surface area contributed by atoms with Crippen LogP contribution in [0.2, 0.25) is 0 Å². The molecule has 1 unspecified atom stereocenters. The van der Waals surface area contributed by atoms with Gasteiger partial charge in [-0.15, -0.1) is 10.2 Å². The van der Waals surface area contributed by atoms with E-state index in [9.17, 15) is 4.79 Å². The summed E-state index contributed by atoms with van der Waals surface area (Å²) >= 11 is 0. The first kappa shape index (κ1) is 16.0. The molecule has 2 aromatic rings. The van der Waals surface area contributed by atoms with Crippen molar-refractivity contribution in [3.63, 3.8) is 0 Å². The number of aliphatic hydroxyl groups excluding tert-OH is 1. The molecule has 0 radical (unpaired) electrons. The van der Waals surface area contributed by atoms with E-state index in [1.165, 1.54) is 0 Å². The third-order valence-corrected chi connectivity index (χ3v) is 3.22. The van der Waals surface area contributed by atoms with E-state index >= 15 is 0 Å². The molecule has 0 fully saturated rings. The Morgan fingerprint density at radius 2 is 2.05 bits per heavy atom. The molecule has 118 valence electrons. The van der Waals surface area contributed by atoms with Gasteiger partial charge >= 0.3 is 6.03 Å². The van der Waals surface area contributed by atoms with Crippen LogP contribution < -0.4 is 10.6 Å². The van der Waals surface area contributed by atoms with Gasteiger partial charge in [-0.05, 0) is 37.1 Å². The third kappa shape index (κ3) is 4.29. The normalized spacial score (nSPS) is 12.0. The van der Waals surface area contributed by atoms with Crippen molar-refractivity contribution in [1.82, 2.24) is 15.5 Å². The Morgan fingerprint density at radius 1 is 1.32 bits per heavy atom. The predicted octanol–water partition coefficient (Wildman–Crippen LogP) is 2.33. The van der Waals surface area contributed by atoms with Crippen molar-refractivity contribution in [3.05, 3.63) is 30.2 Å². The van der Waals surface area contributed by atoms with Gasteiger partial charge < -0.3 is 20.2 Å². The molecule has 2 rings (SSSR count). The minimum atomic E-state index is -0.290. The molecule has 0 spiro atoms. The van der Waals surface area contributed by atoms with Gasteiger partial charge in [0.15, 0.2) is 0 Å². The first-order chi connectivity index (χ1) is 10.6. The lowest BCUT2D eigenvalue weighted by Gasteiger charge is -2.16. The third-order valence-electron chi connectivity index (χ3n) is 3.22.